The number of hydrogen-bond donors (Lipinski definition) is 0. The van der Waals surface area contributed by atoms with Gasteiger partial charge in [0.25, 0.3) is 0 Å². The van der Waals surface area contributed by atoms with Crippen molar-refractivity contribution < 1.29 is 14.4 Å². The van der Waals surface area contributed by atoms with Crippen LogP contribution in [0, 0.1) is 17.0 Å². The fourth-order valence-corrected chi connectivity index (χ4v) is 5.54. The maximum atomic E-state index is 11.7. The van der Waals surface area contributed by atoms with Gasteiger partial charge in [-0.25, -0.2) is 0 Å². The van der Waals surface area contributed by atoms with Gasteiger partial charge in [-0.3, -0.25) is 14.7 Å². The Labute approximate surface area is 232 Å². The van der Waals surface area contributed by atoms with Crippen LogP contribution < -0.4 is 9.47 Å². The molecule has 1 atom stereocenters. The summed E-state index contributed by atoms with van der Waals surface area (Å²) >= 11 is 10.9. The number of halogens is 2. The van der Waals surface area contributed by atoms with E-state index in [0.29, 0.717) is 50.8 Å². The summed E-state index contributed by atoms with van der Waals surface area (Å²) in [7, 11) is 0. The first-order valence-corrected chi connectivity index (χ1v) is 13.5. The third-order valence-corrected chi connectivity index (χ3v) is 7.39. The zero-order valence-corrected chi connectivity index (χ0v) is 23.3. The number of aromatic nitrogens is 3. The van der Waals surface area contributed by atoms with Gasteiger partial charge in [0.05, 0.1) is 11.1 Å². The first-order chi connectivity index (χ1) is 17.9. The molecule has 0 saturated heterocycles. The number of rotatable bonds is 11. The molecule has 0 aliphatic rings. The lowest BCUT2D eigenvalue weighted by Crippen LogP contribution is -2.12. The molecule has 37 heavy (non-hydrogen) atoms. The van der Waals surface area contributed by atoms with Crippen LogP contribution in [-0.4, -0.2) is 32.8 Å². The molecule has 0 amide bonds. The molecule has 1 heterocycles. The van der Waals surface area contributed by atoms with Crippen LogP contribution in [0.25, 0.3) is 5.69 Å². The van der Waals surface area contributed by atoms with Crippen molar-refractivity contribution in [1.29, 1.82) is 0 Å². The highest BCUT2D eigenvalue weighted by Gasteiger charge is 2.26. The topological polar surface area (TPSA) is 92.3 Å². The zero-order valence-electron chi connectivity index (χ0n) is 20.1. The molecular weight excluding hydrogens is 580 g/mol. The lowest BCUT2D eigenvalue weighted by atomic mass is 10.1. The smallest absolute Gasteiger partial charge is 0.220 e. The van der Waals surface area contributed by atoms with Gasteiger partial charge in [-0.15, -0.1) is 10.2 Å². The second kappa shape index (κ2) is 12.4. The van der Waals surface area contributed by atoms with E-state index in [0.717, 1.165) is 11.3 Å². The minimum Gasteiger partial charge on any atom is -0.490 e. The van der Waals surface area contributed by atoms with Gasteiger partial charge in [0.15, 0.2) is 16.7 Å². The maximum absolute atomic E-state index is 11.7. The van der Waals surface area contributed by atoms with Gasteiger partial charge < -0.3 is 9.47 Å². The van der Waals surface area contributed by atoms with Crippen LogP contribution in [0.15, 0.2) is 76.4 Å². The fourth-order valence-electron chi connectivity index (χ4n) is 3.69. The first-order valence-electron chi connectivity index (χ1n) is 11.4. The highest BCUT2D eigenvalue weighted by Crippen LogP contribution is 2.43. The molecule has 0 N–H and O–H groups in total. The van der Waals surface area contributed by atoms with E-state index in [2.05, 4.69) is 26.1 Å². The molecule has 4 aromatic rings. The second-order valence-corrected chi connectivity index (χ2v) is 10.5. The van der Waals surface area contributed by atoms with E-state index in [1.54, 1.807) is 18.2 Å². The Balaban J connectivity index is 1.67. The molecule has 0 radical (unpaired) electrons. The number of aryl methyl sites for hydroxylation is 1. The van der Waals surface area contributed by atoms with Crippen LogP contribution in [-0.2, 0) is 6.61 Å². The number of ether oxygens (including phenoxy) is 2. The van der Waals surface area contributed by atoms with Crippen molar-refractivity contribution >= 4 is 39.3 Å². The van der Waals surface area contributed by atoms with E-state index >= 15 is 0 Å². The van der Waals surface area contributed by atoms with Gasteiger partial charge in [-0.1, -0.05) is 53.7 Å². The van der Waals surface area contributed by atoms with Crippen molar-refractivity contribution in [1.82, 2.24) is 14.8 Å². The van der Waals surface area contributed by atoms with E-state index in [9.17, 15) is 10.1 Å². The molecule has 192 valence electrons. The van der Waals surface area contributed by atoms with Crippen LogP contribution in [0.1, 0.15) is 29.1 Å². The number of hydrogen-bond acceptors (Lipinski definition) is 7. The summed E-state index contributed by atoms with van der Waals surface area (Å²) in [5.74, 6) is 1.71. The lowest BCUT2D eigenvalue weighted by molar-refractivity contribution is -0.479. The third-order valence-electron chi connectivity index (χ3n) is 5.37. The molecule has 0 aliphatic heterocycles. The van der Waals surface area contributed by atoms with Gasteiger partial charge in [0, 0.05) is 15.6 Å². The first kappa shape index (κ1) is 27.0. The molecule has 0 bridgehead atoms. The Kier molecular flexibility index (Phi) is 9.07. The molecule has 0 unspecified atom stereocenters. The number of nitro groups is 1. The average Bonchev–Trinajstić information content (AvgIpc) is 3.23. The number of benzene rings is 3. The minimum atomic E-state index is -0.566. The van der Waals surface area contributed by atoms with Gasteiger partial charge in [0.2, 0.25) is 6.54 Å². The van der Waals surface area contributed by atoms with Crippen LogP contribution >= 0.6 is 39.3 Å². The van der Waals surface area contributed by atoms with Crippen LogP contribution in [0.3, 0.4) is 0 Å². The molecular formula is C26H24BrClN4O4S. The summed E-state index contributed by atoms with van der Waals surface area (Å²) in [4.78, 5) is 11.3. The molecule has 0 fully saturated rings. The van der Waals surface area contributed by atoms with Crippen LogP contribution in [0.4, 0.5) is 0 Å². The highest BCUT2D eigenvalue weighted by molar-refractivity contribution is 9.10. The fraction of sp³-hybridized carbons (Fsp3) is 0.231. The summed E-state index contributed by atoms with van der Waals surface area (Å²) < 4.78 is 14.5. The van der Waals surface area contributed by atoms with Gasteiger partial charge in [-0.05, 0) is 77.3 Å². The third kappa shape index (κ3) is 6.82. The van der Waals surface area contributed by atoms with Crippen molar-refractivity contribution in [3.8, 4) is 17.2 Å². The normalized spacial score (nSPS) is 11.8. The molecule has 0 spiro atoms. The van der Waals surface area contributed by atoms with E-state index in [1.165, 1.54) is 11.8 Å². The summed E-state index contributed by atoms with van der Waals surface area (Å²) in [5, 5.41) is 20.7. The molecule has 1 aromatic heterocycles. The van der Waals surface area contributed by atoms with Crippen molar-refractivity contribution in [3.05, 3.63) is 103 Å². The van der Waals surface area contributed by atoms with Crippen molar-refractivity contribution in [3.63, 3.8) is 0 Å². The van der Waals surface area contributed by atoms with E-state index in [4.69, 9.17) is 21.1 Å². The van der Waals surface area contributed by atoms with Gasteiger partial charge >= 0.3 is 0 Å². The highest BCUT2D eigenvalue weighted by atomic mass is 79.9. The summed E-state index contributed by atoms with van der Waals surface area (Å²) in [5.41, 5.74) is 2.53. The van der Waals surface area contributed by atoms with Gasteiger partial charge in [-0.2, -0.15) is 0 Å². The average molecular weight is 604 g/mol. The Hall–Kier alpha value is -3.08. The SMILES string of the molecule is CCOc1cc([C@H](C[N+](=O)[O-])Sc2nnc(C)n2-c2ccc(Cl)cc2)cc(Br)c1OCc1ccccc1. The molecule has 3 aromatic carbocycles. The lowest BCUT2D eigenvalue weighted by Gasteiger charge is -2.19. The van der Waals surface area contributed by atoms with Gasteiger partial charge in [0.1, 0.15) is 17.7 Å². The summed E-state index contributed by atoms with van der Waals surface area (Å²) in [6.07, 6.45) is 0. The number of nitrogens with zero attached hydrogens (tertiary/aromatic N) is 4. The molecule has 0 saturated carbocycles. The summed E-state index contributed by atoms with van der Waals surface area (Å²) in [6.45, 7) is 4.16. The Morgan fingerprint density at radius 1 is 1.11 bits per heavy atom. The largest absolute Gasteiger partial charge is 0.490 e. The van der Waals surface area contributed by atoms with Crippen molar-refractivity contribution in [2.75, 3.05) is 13.2 Å². The standard InChI is InChI=1S/C26H24BrClN4O4S/c1-3-35-23-14-19(13-22(27)25(23)36-16-18-7-5-4-6-8-18)24(15-31(33)34)37-26-30-29-17(2)32(26)21-11-9-20(28)10-12-21/h4-14,24H,3,15-16H2,1-2H3/t24-/m0/s1. The maximum Gasteiger partial charge on any atom is 0.220 e. The Morgan fingerprint density at radius 2 is 1.84 bits per heavy atom. The van der Waals surface area contributed by atoms with Crippen LogP contribution in [0.2, 0.25) is 5.02 Å². The van der Waals surface area contributed by atoms with Crippen molar-refractivity contribution in [2.45, 2.75) is 30.9 Å². The summed E-state index contributed by atoms with van der Waals surface area (Å²) in [6, 6.07) is 20.7. The molecule has 11 heteroatoms. The van der Waals surface area contributed by atoms with E-state index < -0.39 is 5.25 Å². The molecule has 4 rings (SSSR count). The quantitative estimate of drug-likeness (QED) is 0.103. The predicted molar refractivity (Wildman–Crippen MR) is 148 cm³/mol. The Morgan fingerprint density at radius 3 is 2.51 bits per heavy atom. The van der Waals surface area contributed by atoms with E-state index in [1.807, 2.05) is 66.9 Å². The molecule has 8 nitrogen and oxygen atoms in total. The zero-order chi connectivity index (χ0) is 26.4. The number of thioether (sulfide) groups is 1. The van der Waals surface area contributed by atoms with E-state index in [-0.39, 0.29) is 11.5 Å². The minimum absolute atomic E-state index is 0.320. The monoisotopic (exact) mass is 602 g/mol. The molecule has 0 aliphatic carbocycles. The Bertz CT molecular complexity index is 1370. The predicted octanol–water partition coefficient (Wildman–Crippen LogP) is 7.08. The van der Waals surface area contributed by atoms with Crippen molar-refractivity contribution in [2.24, 2.45) is 0 Å². The second-order valence-electron chi connectivity index (χ2n) is 8.00. The van der Waals surface area contributed by atoms with Crippen LogP contribution in [0.5, 0.6) is 11.5 Å².